The molecule has 2 heterocycles. The minimum absolute atomic E-state index is 0.0962. The molecule has 0 radical (unpaired) electrons. The fourth-order valence-electron chi connectivity index (χ4n) is 3.29. The van der Waals surface area contributed by atoms with Gasteiger partial charge in [-0.05, 0) is 43.4 Å². The van der Waals surface area contributed by atoms with E-state index in [2.05, 4.69) is 15.3 Å². The first-order chi connectivity index (χ1) is 15.0. The molecule has 1 N–H and O–H groups in total. The van der Waals surface area contributed by atoms with Gasteiger partial charge in [-0.25, -0.2) is 4.98 Å². The van der Waals surface area contributed by atoms with Crippen LogP contribution in [-0.4, -0.2) is 53.4 Å². The van der Waals surface area contributed by atoms with Gasteiger partial charge in [-0.1, -0.05) is 12.1 Å². The first kappa shape index (κ1) is 21.5. The Morgan fingerprint density at radius 1 is 1.32 bits per heavy atom. The zero-order chi connectivity index (χ0) is 21.8. The summed E-state index contributed by atoms with van der Waals surface area (Å²) in [5, 5.41) is 3.72. The molecule has 2 amide bonds. The van der Waals surface area contributed by atoms with E-state index in [9.17, 15) is 9.59 Å². The van der Waals surface area contributed by atoms with Gasteiger partial charge in [0.05, 0.1) is 28.7 Å². The van der Waals surface area contributed by atoms with Gasteiger partial charge in [0.15, 0.2) is 0 Å². The normalized spacial score (nSPS) is 13.1. The van der Waals surface area contributed by atoms with Crippen LogP contribution in [0.25, 0.3) is 10.4 Å². The molecule has 1 saturated carbocycles. The second-order valence-electron chi connectivity index (χ2n) is 7.46. The molecule has 7 nitrogen and oxygen atoms in total. The number of carbonyl (C=O) groups excluding carboxylic acids is 2. The first-order valence-corrected chi connectivity index (χ1v) is 11.8. The van der Waals surface area contributed by atoms with E-state index in [4.69, 9.17) is 4.74 Å². The third kappa shape index (κ3) is 5.29. The number of hydrogen-bond acceptors (Lipinski definition) is 7. The Morgan fingerprint density at radius 3 is 2.87 bits per heavy atom. The summed E-state index contributed by atoms with van der Waals surface area (Å²) in [4.78, 5) is 37.4. The van der Waals surface area contributed by atoms with E-state index in [1.54, 1.807) is 18.8 Å². The highest BCUT2D eigenvalue weighted by molar-refractivity contribution is 7.15. The Balaban J connectivity index is 1.51. The van der Waals surface area contributed by atoms with Crippen molar-refractivity contribution >= 4 is 34.5 Å². The molecule has 0 unspecified atom stereocenters. The van der Waals surface area contributed by atoms with E-state index < -0.39 is 0 Å². The van der Waals surface area contributed by atoms with Gasteiger partial charge in [-0.3, -0.25) is 14.6 Å². The number of amides is 2. The molecule has 31 heavy (non-hydrogen) atoms. The Morgan fingerprint density at radius 2 is 2.16 bits per heavy atom. The number of nitrogens with one attached hydrogen (secondary N) is 1. The van der Waals surface area contributed by atoms with Gasteiger partial charge in [-0.15, -0.1) is 22.7 Å². The number of rotatable bonds is 9. The topological polar surface area (TPSA) is 84.4 Å². The van der Waals surface area contributed by atoms with Gasteiger partial charge in [0, 0.05) is 19.6 Å². The lowest BCUT2D eigenvalue weighted by Crippen LogP contribution is -2.40. The van der Waals surface area contributed by atoms with E-state index in [1.165, 1.54) is 22.7 Å². The number of carbonyl (C=O) groups is 2. The third-order valence-corrected chi connectivity index (χ3v) is 6.85. The number of ether oxygens (including phenoxy) is 1. The minimum atomic E-state index is -0.164. The zero-order valence-corrected chi connectivity index (χ0v) is 19.1. The monoisotopic (exact) mass is 456 g/mol. The quantitative estimate of drug-likeness (QED) is 0.528. The predicted octanol–water partition coefficient (Wildman–Crippen LogP) is 3.87. The highest BCUT2D eigenvalue weighted by Gasteiger charge is 2.30. The number of methoxy groups -OCH3 is 1. The van der Waals surface area contributed by atoms with Crippen LogP contribution in [0.4, 0.5) is 0 Å². The summed E-state index contributed by atoms with van der Waals surface area (Å²) in [6.07, 6.45) is 3.82. The van der Waals surface area contributed by atoms with E-state index >= 15 is 0 Å². The van der Waals surface area contributed by atoms with E-state index in [-0.39, 0.29) is 11.8 Å². The molecule has 1 aliphatic rings. The summed E-state index contributed by atoms with van der Waals surface area (Å²) >= 11 is 2.80. The summed E-state index contributed by atoms with van der Waals surface area (Å²) in [6, 6.07) is 7.68. The molecule has 0 bridgehead atoms. The van der Waals surface area contributed by atoms with Crippen LogP contribution in [0, 0.1) is 12.8 Å². The second kappa shape index (κ2) is 9.57. The summed E-state index contributed by atoms with van der Waals surface area (Å²) in [7, 11) is 1.63. The van der Waals surface area contributed by atoms with Gasteiger partial charge < -0.3 is 15.0 Å². The summed E-state index contributed by atoms with van der Waals surface area (Å²) < 4.78 is 5.34. The van der Waals surface area contributed by atoms with E-state index in [0.29, 0.717) is 36.1 Å². The first-order valence-electron chi connectivity index (χ1n) is 10.1. The molecule has 0 aliphatic heterocycles. The number of aromatic nitrogens is 2. The SMILES string of the molecule is COc1cccc(-c2sc(C)nc2C(=O)N(CCNC(=O)c2cncs2)CC2CC2)c1. The highest BCUT2D eigenvalue weighted by atomic mass is 32.1. The van der Waals surface area contributed by atoms with E-state index in [1.807, 2.05) is 36.1 Å². The number of benzene rings is 1. The van der Waals surface area contributed by atoms with Crippen LogP contribution >= 0.6 is 22.7 Å². The third-order valence-electron chi connectivity index (χ3n) is 5.05. The van der Waals surface area contributed by atoms with Crippen molar-refractivity contribution in [1.29, 1.82) is 0 Å². The molecule has 2 aromatic heterocycles. The Bertz CT molecular complexity index is 1060. The molecule has 0 spiro atoms. The molecular formula is C22H24N4O3S2. The number of aryl methyl sites for hydroxylation is 1. The molecule has 3 aromatic rings. The van der Waals surface area contributed by atoms with Gasteiger partial charge >= 0.3 is 0 Å². The van der Waals surface area contributed by atoms with Crippen molar-refractivity contribution in [3.05, 3.63) is 51.6 Å². The lowest BCUT2D eigenvalue weighted by molar-refractivity contribution is 0.0737. The Labute approximate surface area is 189 Å². The minimum Gasteiger partial charge on any atom is -0.497 e. The molecular weight excluding hydrogens is 432 g/mol. The molecule has 0 atom stereocenters. The van der Waals surface area contributed by atoms with Crippen LogP contribution < -0.4 is 10.1 Å². The average molecular weight is 457 g/mol. The number of thiazole rings is 2. The lowest BCUT2D eigenvalue weighted by Gasteiger charge is -2.22. The largest absolute Gasteiger partial charge is 0.497 e. The molecule has 1 aliphatic carbocycles. The highest BCUT2D eigenvalue weighted by Crippen LogP contribution is 2.34. The summed E-state index contributed by atoms with van der Waals surface area (Å²) in [6.45, 7) is 3.41. The molecule has 1 fully saturated rings. The van der Waals surface area contributed by atoms with Crippen LogP contribution in [0.15, 0.2) is 36.0 Å². The fraction of sp³-hybridized carbons (Fsp3) is 0.364. The smallest absolute Gasteiger partial charge is 0.274 e. The maximum absolute atomic E-state index is 13.5. The molecule has 1 aromatic carbocycles. The Kier molecular flexibility index (Phi) is 6.62. The Hall–Kier alpha value is -2.78. The molecule has 0 saturated heterocycles. The summed E-state index contributed by atoms with van der Waals surface area (Å²) in [5.74, 6) is 1.01. The van der Waals surface area contributed by atoms with Gasteiger partial charge in [0.25, 0.3) is 11.8 Å². The molecule has 162 valence electrons. The van der Waals surface area contributed by atoms with Gasteiger partial charge in [-0.2, -0.15) is 0 Å². The maximum Gasteiger partial charge on any atom is 0.274 e. The predicted molar refractivity (Wildman–Crippen MR) is 122 cm³/mol. The molecule has 9 heteroatoms. The van der Waals surface area contributed by atoms with Gasteiger partial charge in [0.1, 0.15) is 16.3 Å². The zero-order valence-electron chi connectivity index (χ0n) is 17.5. The van der Waals surface area contributed by atoms with Crippen molar-refractivity contribution in [2.45, 2.75) is 19.8 Å². The lowest BCUT2D eigenvalue weighted by atomic mass is 10.1. The summed E-state index contributed by atoms with van der Waals surface area (Å²) in [5.41, 5.74) is 3.01. The van der Waals surface area contributed by atoms with Crippen LogP contribution in [0.1, 0.15) is 38.0 Å². The van der Waals surface area contributed by atoms with Crippen molar-refractivity contribution in [1.82, 2.24) is 20.2 Å². The average Bonchev–Trinajstić information content (AvgIpc) is 3.26. The second-order valence-corrected chi connectivity index (χ2v) is 9.55. The fourth-order valence-corrected chi connectivity index (χ4v) is 4.73. The number of nitrogens with zero attached hydrogens (tertiary/aromatic N) is 3. The van der Waals surface area contributed by atoms with Crippen molar-refractivity contribution in [2.24, 2.45) is 5.92 Å². The maximum atomic E-state index is 13.5. The van der Waals surface area contributed by atoms with Crippen LogP contribution in [-0.2, 0) is 0 Å². The van der Waals surface area contributed by atoms with E-state index in [0.717, 1.165) is 34.0 Å². The van der Waals surface area contributed by atoms with Crippen molar-refractivity contribution in [3.63, 3.8) is 0 Å². The standard InChI is InChI=1S/C22H24N4O3S2/c1-14-25-19(20(31-14)16-4-3-5-17(10-16)29-2)22(28)26(12-15-6-7-15)9-8-24-21(27)18-11-23-13-30-18/h3-5,10-11,13,15H,6-9,12H2,1-2H3,(H,24,27). The van der Waals surface area contributed by atoms with Gasteiger partial charge in [0.2, 0.25) is 0 Å². The number of hydrogen-bond donors (Lipinski definition) is 1. The van der Waals surface area contributed by atoms with Crippen LogP contribution in [0.3, 0.4) is 0 Å². The van der Waals surface area contributed by atoms with Crippen molar-refractivity contribution in [3.8, 4) is 16.2 Å². The molecule has 4 rings (SSSR count). The van der Waals surface area contributed by atoms with Crippen LogP contribution in [0.2, 0.25) is 0 Å². The van der Waals surface area contributed by atoms with Crippen LogP contribution in [0.5, 0.6) is 5.75 Å². The van der Waals surface area contributed by atoms with Crippen molar-refractivity contribution < 1.29 is 14.3 Å². The van der Waals surface area contributed by atoms with Crippen molar-refractivity contribution in [2.75, 3.05) is 26.7 Å².